The van der Waals surface area contributed by atoms with E-state index in [2.05, 4.69) is 11.8 Å². The van der Waals surface area contributed by atoms with Gasteiger partial charge >= 0.3 is 0 Å². The molecule has 0 spiro atoms. The normalized spacial score (nSPS) is 48.3. The van der Waals surface area contributed by atoms with E-state index in [1.165, 1.54) is 32.5 Å². The van der Waals surface area contributed by atoms with Crippen molar-refractivity contribution in [1.82, 2.24) is 4.90 Å². The Morgan fingerprint density at radius 1 is 1.44 bits per heavy atom. The average molecular weight is 125 g/mol. The van der Waals surface area contributed by atoms with Crippen molar-refractivity contribution in [3.8, 4) is 0 Å². The molecule has 2 rings (SSSR count). The van der Waals surface area contributed by atoms with Gasteiger partial charge < -0.3 is 4.90 Å². The highest BCUT2D eigenvalue weighted by Gasteiger charge is 2.36. The molecule has 1 nitrogen and oxygen atoms in total. The summed E-state index contributed by atoms with van der Waals surface area (Å²) in [5.74, 6) is 2.13. The summed E-state index contributed by atoms with van der Waals surface area (Å²) in [7, 11) is 0. The van der Waals surface area contributed by atoms with Crippen LogP contribution in [-0.2, 0) is 0 Å². The van der Waals surface area contributed by atoms with Crippen molar-refractivity contribution in [3.05, 3.63) is 0 Å². The standard InChI is InChI=1S/C8H15N/c1-2-7-5-9-4-3-8(7)6-9/h7-8H,2-6H2,1H3. The van der Waals surface area contributed by atoms with Crippen LogP contribution in [0.25, 0.3) is 0 Å². The van der Waals surface area contributed by atoms with Crippen molar-refractivity contribution in [2.75, 3.05) is 19.6 Å². The van der Waals surface area contributed by atoms with E-state index in [4.69, 9.17) is 0 Å². The van der Waals surface area contributed by atoms with Crippen LogP contribution in [0.3, 0.4) is 0 Å². The highest BCUT2D eigenvalue weighted by Crippen LogP contribution is 2.34. The Balaban J connectivity index is 2.01. The first-order valence-corrected chi connectivity index (χ1v) is 4.12. The van der Waals surface area contributed by atoms with Crippen molar-refractivity contribution >= 4 is 0 Å². The van der Waals surface area contributed by atoms with Crippen LogP contribution in [0.2, 0.25) is 0 Å². The van der Waals surface area contributed by atoms with Gasteiger partial charge in [-0.05, 0) is 24.8 Å². The molecule has 0 aromatic carbocycles. The first-order chi connectivity index (χ1) is 4.40. The third-order valence-corrected chi connectivity index (χ3v) is 2.99. The largest absolute Gasteiger partial charge is 0.303 e. The van der Waals surface area contributed by atoms with Gasteiger partial charge in [-0.1, -0.05) is 13.3 Å². The summed E-state index contributed by atoms with van der Waals surface area (Å²) >= 11 is 0. The van der Waals surface area contributed by atoms with Crippen LogP contribution >= 0.6 is 0 Å². The average Bonchev–Trinajstić information content (AvgIpc) is 2.45. The lowest BCUT2D eigenvalue weighted by atomic mass is 9.91. The number of rotatable bonds is 1. The smallest absolute Gasteiger partial charge is 0.00134 e. The fraction of sp³-hybridized carbons (Fsp3) is 1.00. The molecule has 0 radical (unpaired) electrons. The number of fused-ring (bicyclic) bond motifs is 2. The third kappa shape index (κ3) is 0.787. The molecule has 3 unspecified atom stereocenters. The maximum atomic E-state index is 2.61. The number of nitrogens with zero attached hydrogens (tertiary/aromatic N) is 1. The van der Waals surface area contributed by atoms with Gasteiger partial charge in [-0.2, -0.15) is 0 Å². The summed E-state index contributed by atoms with van der Waals surface area (Å²) in [5, 5.41) is 0. The molecule has 9 heavy (non-hydrogen) atoms. The minimum Gasteiger partial charge on any atom is -0.303 e. The first-order valence-electron chi connectivity index (χ1n) is 4.12. The van der Waals surface area contributed by atoms with E-state index < -0.39 is 0 Å². The summed E-state index contributed by atoms with van der Waals surface area (Å²) in [6.45, 7) is 6.54. The summed E-state index contributed by atoms with van der Waals surface area (Å²) in [6.07, 6.45) is 2.89. The molecule has 3 atom stereocenters. The molecule has 0 aromatic heterocycles. The van der Waals surface area contributed by atoms with Gasteiger partial charge in [-0.25, -0.2) is 0 Å². The molecule has 0 aromatic rings. The first kappa shape index (κ1) is 5.72. The van der Waals surface area contributed by atoms with E-state index >= 15 is 0 Å². The van der Waals surface area contributed by atoms with E-state index in [0.29, 0.717) is 0 Å². The fourth-order valence-electron chi connectivity index (χ4n) is 2.36. The van der Waals surface area contributed by atoms with Gasteiger partial charge in [-0.3, -0.25) is 0 Å². The Morgan fingerprint density at radius 2 is 2.33 bits per heavy atom. The van der Waals surface area contributed by atoms with E-state index in [0.717, 1.165) is 11.8 Å². The number of hydrogen-bond acceptors (Lipinski definition) is 1. The highest BCUT2D eigenvalue weighted by atomic mass is 15.2. The minimum absolute atomic E-state index is 1.05. The van der Waals surface area contributed by atoms with Gasteiger partial charge in [0.15, 0.2) is 0 Å². The van der Waals surface area contributed by atoms with Crippen LogP contribution < -0.4 is 0 Å². The maximum absolute atomic E-state index is 2.61. The van der Waals surface area contributed by atoms with Crippen molar-refractivity contribution in [2.24, 2.45) is 11.8 Å². The quantitative estimate of drug-likeness (QED) is 0.511. The predicted octanol–water partition coefficient (Wildman–Crippen LogP) is 1.35. The second-order valence-electron chi connectivity index (χ2n) is 3.48. The Hall–Kier alpha value is -0.0400. The molecule has 2 heterocycles. The zero-order valence-corrected chi connectivity index (χ0v) is 6.14. The Bertz CT molecular complexity index is 111. The zero-order chi connectivity index (χ0) is 6.27. The maximum Gasteiger partial charge on any atom is 0.00134 e. The summed E-state index contributed by atoms with van der Waals surface area (Å²) in [5.41, 5.74) is 0. The van der Waals surface area contributed by atoms with Crippen LogP contribution in [0.4, 0.5) is 0 Å². The molecule has 0 N–H and O–H groups in total. The molecule has 2 saturated heterocycles. The molecule has 0 aliphatic carbocycles. The summed E-state index contributed by atoms with van der Waals surface area (Å²) in [6, 6.07) is 0. The van der Waals surface area contributed by atoms with Crippen molar-refractivity contribution in [3.63, 3.8) is 0 Å². The number of piperidine rings is 1. The lowest BCUT2D eigenvalue weighted by Gasteiger charge is -2.19. The van der Waals surface area contributed by atoms with Crippen LogP contribution in [0.1, 0.15) is 19.8 Å². The zero-order valence-electron chi connectivity index (χ0n) is 6.14. The van der Waals surface area contributed by atoms with E-state index in [9.17, 15) is 0 Å². The Morgan fingerprint density at radius 3 is 2.67 bits per heavy atom. The molecule has 0 amide bonds. The highest BCUT2D eigenvalue weighted by molar-refractivity contribution is 4.89. The minimum atomic E-state index is 1.05. The molecule has 2 aliphatic heterocycles. The van der Waals surface area contributed by atoms with Gasteiger partial charge in [0.25, 0.3) is 0 Å². The Kier molecular flexibility index (Phi) is 1.26. The lowest BCUT2D eigenvalue weighted by molar-refractivity contribution is 0.295. The molecule has 0 saturated carbocycles. The second-order valence-corrected chi connectivity index (χ2v) is 3.48. The van der Waals surface area contributed by atoms with Crippen molar-refractivity contribution in [1.29, 1.82) is 0 Å². The van der Waals surface area contributed by atoms with Crippen LogP contribution in [0, 0.1) is 11.8 Å². The van der Waals surface area contributed by atoms with E-state index in [1.807, 2.05) is 0 Å². The van der Waals surface area contributed by atoms with Crippen LogP contribution in [0.15, 0.2) is 0 Å². The molecular formula is C8H15N. The van der Waals surface area contributed by atoms with Crippen LogP contribution in [-0.4, -0.2) is 24.5 Å². The lowest BCUT2D eigenvalue weighted by Crippen LogP contribution is -2.22. The monoisotopic (exact) mass is 125 g/mol. The predicted molar refractivity (Wildman–Crippen MR) is 38.3 cm³/mol. The molecule has 52 valence electrons. The third-order valence-electron chi connectivity index (χ3n) is 2.99. The van der Waals surface area contributed by atoms with Gasteiger partial charge in [-0.15, -0.1) is 0 Å². The van der Waals surface area contributed by atoms with E-state index in [-0.39, 0.29) is 0 Å². The van der Waals surface area contributed by atoms with Crippen LogP contribution in [0.5, 0.6) is 0 Å². The molecular weight excluding hydrogens is 110 g/mol. The van der Waals surface area contributed by atoms with E-state index in [1.54, 1.807) is 0 Å². The Labute approximate surface area is 57.0 Å². The molecule has 2 aliphatic rings. The fourth-order valence-corrected chi connectivity index (χ4v) is 2.36. The molecule has 1 heteroatoms. The van der Waals surface area contributed by atoms with Gasteiger partial charge in [0.05, 0.1) is 0 Å². The SMILES string of the molecule is CCC1CN2CCC1C2. The topological polar surface area (TPSA) is 3.24 Å². The summed E-state index contributed by atoms with van der Waals surface area (Å²) in [4.78, 5) is 2.61. The van der Waals surface area contributed by atoms with Crippen molar-refractivity contribution < 1.29 is 0 Å². The van der Waals surface area contributed by atoms with Gasteiger partial charge in [0, 0.05) is 13.1 Å². The van der Waals surface area contributed by atoms with Gasteiger partial charge in [0.1, 0.15) is 0 Å². The summed E-state index contributed by atoms with van der Waals surface area (Å²) < 4.78 is 0. The molecule has 2 fully saturated rings. The van der Waals surface area contributed by atoms with Crippen molar-refractivity contribution in [2.45, 2.75) is 19.8 Å². The van der Waals surface area contributed by atoms with Gasteiger partial charge in [0.2, 0.25) is 0 Å². The molecule has 2 bridgehead atoms. The number of hydrogen-bond donors (Lipinski definition) is 0. The second kappa shape index (κ2) is 1.98.